The van der Waals surface area contributed by atoms with Crippen LogP contribution >= 0.6 is 23.2 Å². The summed E-state index contributed by atoms with van der Waals surface area (Å²) in [5.41, 5.74) is 2.61. The minimum atomic E-state index is -0.0743. The number of benzene rings is 2. The van der Waals surface area contributed by atoms with Gasteiger partial charge in [-0.05, 0) is 106 Å². The van der Waals surface area contributed by atoms with Crippen LogP contribution in [0.2, 0.25) is 10.0 Å². The van der Waals surface area contributed by atoms with Gasteiger partial charge in [-0.15, -0.1) is 0 Å². The molecule has 1 aliphatic carbocycles. The molecule has 5 nitrogen and oxygen atoms in total. The largest absolute Gasteiger partial charge is 0.322 e. The summed E-state index contributed by atoms with van der Waals surface area (Å²) < 4.78 is 0. The van der Waals surface area contributed by atoms with Crippen molar-refractivity contribution in [3.63, 3.8) is 0 Å². The van der Waals surface area contributed by atoms with Crippen molar-refractivity contribution in [3.8, 4) is 6.07 Å². The first-order chi connectivity index (χ1) is 16.5. The highest BCUT2D eigenvalue weighted by molar-refractivity contribution is 6.42. The molecule has 0 radical (unpaired) electrons. The second kappa shape index (κ2) is 11.9. The Morgan fingerprint density at radius 3 is 2.53 bits per heavy atom. The van der Waals surface area contributed by atoms with Crippen LogP contribution in [0.3, 0.4) is 0 Å². The first-order valence-corrected chi connectivity index (χ1v) is 13.0. The number of anilines is 1. The van der Waals surface area contributed by atoms with E-state index in [-0.39, 0.29) is 12.1 Å². The van der Waals surface area contributed by atoms with E-state index in [9.17, 15) is 10.1 Å². The lowest BCUT2D eigenvalue weighted by molar-refractivity contribution is 0.157. The number of nitriles is 1. The molecule has 0 bridgehead atoms. The number of nitrogens with one attached hydrogen (secondary N) is 1. The zero-order valence-corrected chi connectivity index (χ0v) is 21.0. The van der Waals surface area contributed by atoms with Gasteiger partial charge in [0.05, 0.1) is 21.7 Å². The molecule has 7 heteroatoms. The Morgan fingerprint density at radius 2 is 1.82 bits per heavy atom. The average molecular weight is 499 g/mol. The maximum Gasteiger partial charge on any atom is 0.322 e. The number of nitrogens with zero attached hydrogens (tertiary/aromatic N) is 3. The van der Waals surface area contributed by atoms with Crippen molar-refractivity contribution in [2.24, 2.45) is 0 Å². The van der Waals surface area contributed by atoms with Gasteiger partial charge in [-0.25, -0.2) is 4.79 Å². The normalized spacial score (nSPS) is 20.6. The summed E-state index contributed by atoms with van der Waals surface area (Å²) in [6.45, 7) is 4.11. The maximum atomic E-state index is 13.4. The van der Waals surface area contributed by atoms with E-state index in [1.54, 1.807) is 18.2 Å². The van der Waals surface area contributed by atoms with Crippen molar-refractivity contribution in [2.75, 3.05) is 31.5 Å². The van der Waals surface area contributed by atoms with Gasteiger partial charge in [0.1, 0.15) is 0 Å². The highest BCUT2D eigenvalue weighted by Crippen LogP contribution is 2.35. The molecular weight excluding hydrogens is 467 g/mol. The number of halogens is 2. The number of carbonyl (C=O) groups is 1. The van der Waals surface area contributed by atoms with Crippen LogP contribution in [0.4, 0.5) is 10.5 Å². The van der Waals surface area contributed by atoms with Crippen molar-refractivity contribution >= 4 is 34.9 Å². The molecule has 34 heavy (non-hydrogen) atoms. The summed E-state index contributed by atoms with van der Waals surface area (Å²) in [6.07, 6.45) is 7.47. The zero-order valence-electron chi connectivity index (χ0n) is 19.5. The molecule has 0 atom stereocenters. The van der Waals surface area contributed by atoms with Gasteiger partial charge in [-0.2, -0.15) is 5.26 Å². The van der Waals surface area contributed by atoms with Crippen molar-refractivity contribution in [1.82, 2.24) is 9.80 Å². The number of hydrogen-bond donors (Lipinski definition) is 1. The monoisotopic (exact) mass is 498 g/mol. The fourth-order valence-corrected chi connectivity index (χ4v) is 5.57. The molecule has 0 aromatic heterocycles. The molecule has 2 fully saturated rings. The number of likely N-dealkylation sites (tertiary alicyclic amines) is 1. The number of rotatable bonds is 7. The van der Waals surface area contributed by atoms with Gasteiger partial charge in [0, 0.05) is 18.3 Å². The van der Waals surface area contributed by atoms with E-state index < -0.39 is 0 Å². The standard InChI is InChI=1S/C27H32Cl2N4O/c28-25-12-9-23(18-26(25)29)31-27(34)33(16-4-15-32-13-1-2-14-32)24-10-7-21(8-11-24)22-6-3-5-20(17-22)19-30/h3,5-6,9,12,17-18,21,24H,1-2,4,7-8,10-11,13-16H2,(H,31,34)/t21-,24-. The van der Waals surface area contributed by atoms with Gasteiger partial charge in [0.25, 0.3) is 0 Å². The Morgan fingerprint density at radius 1 is 1.06 bits per heavy atom. The van der Waals surface area contributed by atoms with Crippen molar-refractivity contribution < 1.29 is 4.79 Å². The summed E-state index contributed by atoms with van der Waals surface area (Å²) in [5, 5.41) is 13.2. The van der Waals surface area contributed by atoms with Crippen LogP contribution in [0.15, 0.2) is 42.5 Å². The predicted octanol–water partition coefficient (Wildman–Crippen LogP) is 6.91. The quantitative estimate of drug-likeness (QED) is 0.450. The summed E-state index contributed by atoms with van der Waals surface area (Å²) in [7, 11) is 0. The second-order valence-corrected chi connectivity index (χ2v) is 10.2. The minimum absolute atomic E-state index is 0.0743. The molecule has 2 amide bonds. The van der Waals surface area contributed by atoms with E-state index in [0.717, 1.165) is 45.2 Å². The van der Waals surface area contributed by atoms with Crippen LogP contribution in [0.25, 0.3) is 0 Å². The summed E-state index contributed by atoms with van der Waals surface area (Å²) >= 11 is 12.2. The number of urea groups is 1. The van der Waals surface area contributed by atoms with Gasteiger partial charge in [0.15, 0.2) is 0 Å². The lowest BCUT2D eigenvalue weighted by Gasteiger charge is -2.37. The molecule has 180 valence electrons. The highest BCUT2D eigenvalue weighted by atomic mass is 35.5. The zero-order chi connectivity index (χ0) is 23.9. The maximum absolute atomic E-state index is 13.4. The smallest absolute Gasteiger partial charge is 0.322 e. The predicted molar refractivity (Wildman–Crippen MR) is 139 cm³/mol. The summed E-state index contributed by atoms with van der Waals surface area (Å²) in [4.78, 5) is 17.9. The fraction of sp³-hybridized carbons (Fsp3) is 0.481. The van der Waals surface area contributed by atoms with Crippen LogP contribution < -0.4 is 5.32 Å². The Bertz CT molecular complexity index is 1020. The third-order valence-electron chi connectivity index (χ3n) is 7.13. The van der Waals surface area contributed by atoms with E-state index in [0.29, 0.717) is 27.2 Å². The van der Waals surface area contributed by atoms with Gasteiger partial charge >= 0.3 is 6.03 Å². The molecule has 2 aromatic carbocycles. The molecule has 1 aliphatic heterocycles. The summed E-state index contributed by atoms with van der Waals surface area (Å²) in [6, 6.07) is 15.5. The Hall–Kier alpha value is -2.26. The first-order valence-electron chi connectivity index (χ1n) is 12.3. The minimum Gasteiger partial charge on any atom is -0.322 e. The van der Waals surface area contributed by atoms with E-state index >= 15 is 0 Å². The second-order valence-electron chi connectivity index (χ2n) is 9.40. The third kappa shape index (κ3) is 6.44. The Kier molecular flexibility index (Phi) is 8.72. The SMILES string of the molecule is N#Cc1cccc([C@H]2CC[C@H](N(CCCN3CCCC3)C(=O)Nc3ccc(Cl)c(Cl)c3)CC2)c1. The van der Waals surface area contributed by atoms with Gasteiger partial charge in [0.2, 0.25) is 0 Å². The molecule has 0 unspecified atom stereocenters. The molecule has 2 aromatic rings. The van der Waals surface area contributed by atoms with Crippen LogP contribution in [-0.2, 0) is 0 Å². The fourth-order valence-electron chi connectivity index (χ4n) is 5.27. The lowest BCUT2D eigenvalue weighted by Crippen LogP contribution is -2.45. The van der Waals surface area contributed by atoms with Crippen LogP contribution in [0, 0.1) is 11.3 Å². The molecular formula is C27H32Cl2N4O. The Labute approximate surface area is 212 Å². The van der Waals surface area contributed by atoms with Crippen LogP contribution in [0.1, 0.15) is 62.0 Å². The van der Waals surface area contributed by atoms with Crippen LogP contribution in [-0.4, -0.2) is 48.1 Å². The Balaban J connectivity index is 1.40. The summed E-state index contributed by atoms with van der Waals surface area (Å²) in [5.74, 6) is 0.439. The topological polar surface area (TPSA) is 59.4 Å². The molecule has 4 rings (SSSR count). The molecule has 1 saturated carbocycles. The van der Waals surface area contributed by atoms with Crippen molar-refractivity contribution in [3.05, 3.63) is 63.6 Å². The van der Waals surface area contributed by atoms with E-state index in [2.05, 4.69) is 22.4 Å². The third-order valence-corrected chi connectivity index (χ3v) is 7.87. The average Bonchev–Trinajstić information content (AvgIpc) is 3.38. The van der Waals surface area contributed by atoms with Crippen LogP contribution in [0.5, 0.6) is 0 Å². The van der Waals surface area contributed by atoms with Gasteiger partial charge in [-0.3, -0.25) is 0 Å². The van der Waals surface area contributed by atoms with Gasteiger partial charge < -0.3 is 15.1 Å². The molecule has 1 heterocycles. The van der Waals surface area contributed by atoms with E-state index in [4.69, 9.17) is 23.2 Å². The molecule has 1 saturated heterocycles. The number of amides is 2. The van der Waals surface area contributed by atoms with E-state index in [1.807, 2.05) is 23.1 Å². The lowest BCUT2D eigenvalue weighted by atomic mass is 9.81. The van der Waals surface area contributed by atoms with Crippen molar-refractivity contribution in [2.45, 2.75) is 56.9 Å². The molecule has 1 N–H and O–H groups in total. The highest BCUT2D eigenvalue weighted by Gasteiger charge is 2.30. The molecule has 2 aliphatic rings. The number of hydrogen-bond acceptors (Lipinski definition) is 3. The molecule has 0 spiro atoms. The first kappa shape index (κ1) is 24.9. The van der Waals surface area contributed by atoms with Gasteiger partial charge in [-0.1, -0.05) is 35.3 Å². The number of carbonyl (C=O) groups excluding carboxylic acids is 1. The van der Waals surface area contributed by atoms with E-state index in [1.165, 1.54) is 31.5 Å². The van der Waals surface area contributed by atoms with Crippen molar-refractivity contribution in [1.29, 1.82) is 5.26 Å².